The summed E-state index contributed by atoms with van der Waals surface area (Å²) in [6, 6.07) is 0. The van der Waals surface area contributed by atoms with Gasteiger partial charge in [-0.25, -0.2) is 10.5 Å². The predicted molar refractivity (Wildman–Crippen MR) is 147 cm³/mol. The third-order valence-electron chi connectivity index (χ3n) is 5.43. The summed E-state index contributed by atoms with van der Waals surface area (Å²) >= 11 is 0. The lowest BCUT2D eigenvalue weighted by Crippen LogP contribution is -1.82. The van der Waals surface area contributed by atoms with Gasteiger partial charge in [-0.2, -0.15) is 0 Å². The summed E-state index contributed by atoms with van der Waals surface area (Å²) in [6.07, 6.45) is 26.2. The van der Waals surface area contributed by atoms with Gasteiger partial charge in [0.15, 0.2) is 0 Å². The van der Waals surface area contributed by atoms with Gasteiger partial charge in [0, 0.05) is 0 Å². The fourth-order valence-electron chi connectivity index (χ4n) is 3.34. The highest BCUT2D eigenvalue weighted by Crippen LogP contribution is 2.14. The van der Waals surface area contributed by atoms with E-state index >= 15 is 0 Å². The van der Waals surface area contributed by atoms with Crippen molar-refractivity contribution in [2.45, 2.75) is 120 Å². The van der Waals surface area contributed by atoms with E-state index in [2.05, 4.69) is 102 Å². The summed E-state index contributed by atoms with van der Waals surface area (Å²) in [7, 11) is 0. The largest absolute Gasteiger partial charge is 0.219 e. The van der Waals surface area contributed by atoms with Crippen molar-refractivity contribution < 1.29 is 20.6 Å². The lowest BCUT2D eigenvalue weighted by atomic mass is 10.0. The maximum absolute atomic E-state index is 6.90. The smallest absolute Gasteiger partial charge is 0.0288 e. The summed E-state index contributed by atoms with van der Waals surface area (Å²) in [6.45, 7) is 17.8. The number of hydrogen-bond acceptors (Lipinski definition) is 4. The highest BCUT2D eigenvalue weighted by atomic mass is 17.6. The van der Waals surface area contributed by atoms with Gasteiger partial charge >= 0.3 is 0 Å². The molecule has 34 heavy (non-hydrogen) atoms. The first-order chi connectivity index (χ1) is 16.1. The molecule has 2 N–H and O–H groups in total. The summed E-state index contributed by atoms with van der Waals surface area (Å²) in [5, 5.41) is 19.0. The van der Waals surface area contributed by atoms with Gasteiger partial charge in [0.1, 0.15) is 0 Å². The van der Waals surface area contributed by atoms with E-state index in [-0.39, 0.29) is 0 Å². The third-order valence-corrected chi connectivity index (χ3v) is 5.43. The minimum absolute atomic E-state index is 1.17. The highest BCUT2D eigenvalue weighted by molar-refractivity contribution is 5.08. The lowest BCUT2D eigenvalue weighted by Gasteiger charge is -2.02. The van der Waals surface area contributed by atoms with Gasteiger partial charge in [-0.05, 0) is 130 Å². The second-order valence-corrected chi connectivity index (χ2v) is 9.65. The van der Waals surface area contributed by atoms with Crippen LogP contribution < -0.4 is 0 Å². The van der Waals surface area contributed by atoms with Crippen LogP contribution in [0.5, 0.6) is 0 Å². The molecule has 0 spiro atoms. The second-order valence-electron chi connectivity index (χ2n) is 9.65. The predicted octanol–water partition coefficient (Wildman–Crippen LogP) is 10.5. The molecule has 0 aromatic rings. The standard InChI is InChI=1S/C30H50.H2O4/c1-25(2)15-11-19-29(7)23-13-21-27(5)17-9-10-18-28(6)22-14-24-30(8)20-12-16-26(3)4;1-3-4-2/h15-18,23-24H,9-14,19-22H2,1-8H3;1-2H/b27-17+,28-18+,29-23+,30-24+;. The fraction of sp³-hybridized carbons (Fsp3) is 0.600. The molecule has 0 heterocycles. The molecular weight excluding hydrogens is 424 g/mol. The Balaban J connectivity index is 0. The van der Waals surface area contributed by atoms with Crippen LogP contribution in [0.15, 0.2) is 69.9 Å². The molecule has 0 unspecified atom stereocenters. The van der Waals surface area contributed by atoms with Crippen LogP contribution in [0.2, 0.25) is 0 Å². The normalized spacial score (nSPS) is 12.8. The van der Waals surface area contributed by atoms with Crippen LogP contribution in [0.4, 0.5) is 0 Å². The minimum Gasteiger partial charge on any atom is -0.219 e. The van der Waals surface area contributed by atoms with E-state index in [9.17, 15) is 0 Å². The van der Waals surface area contributed by atoms with Crippen molar-refractivity contribution >= 4 is 0 Å². The van der Waals surface area contributed by atoms with Crippen molar-refractivity contribution in [1.29, 1.82) is 0 Å². The molecule has 4 heteroatoms. The Kier molecular flexibility index (Phi) is 24.7. The zero-order valence-electron chi connectivity index (χ0n) is 23.2. The van der Waals surface area contributed by atoms with Crippen LogP contribution in [0.3, 0.4) is 0 Å². The minimum atomic E-state index is 1.17. The van der Waals surface area contributed by atoms with E-state index in [4.69, 9.17) is 10.5 Å². The second kappa shape index (κ2) is 24.4. The maximum Gasteiger partial charge on any atom is -0.0288 e. The molecule has 0 rings (SSSR count). The van der Waals surface area contributed by atoms with Crippen molar-refractivity contribution in [2.24, 2.45) is 0 Å². The van der Waals surface area contributed by atoms with Crippen LogP contribution in [-0.2, 0) is 10.1 Å². The number of allylic oxidation sites excluding steroid dienone is 12. The number of rotatable bonds is 16. The van der Waals surface area contributed by atoms with Gasteiger partial charge in [0.05, 0.1) is 0 Å². The van der Waals surface area contributed by atoms with Crippen LogP contribution in [0.1, 0.15) is 120 Å². The molecule has 0 aromatic carbocycles. The Hall–Kier alpha value is -1.72. The molecule has 0 amide bonds. The summed E-state index contributed by atoms with van der Waals surface area (Å²) in [4.78, 5) is 0. The quantitative estimate of drug-likeness (QED) is 0.101. The Labute approximate surface area is 210 Å². The molecule has 0 aromatic heterocycles. The van der Waals surface area contributed by atoms with E-state index in [1.165, 1.54) is 97.6 Å². The van der Waals surface area contributed by atoms with Crippen molar-refractivity contribution in [2.75, 3.05) is 0 Å². The van der Waals surface area contributed by atoms with Gasteiger partial charge < -0.3 is 0 Å². The van der Waals surface area contributed by atoms with Gasteiger partial charge in [0.25, 0.3) is 0 Å². The van der Waals surface area contributed by atoms with Crippen LogP contribution >= 0.6 is 0 Å². The van der Waals surface area contributed by atoms with Crippen molar-refractivity contribution in [3.05, 3.63) is 69.9 Å². The zero-order chi connectivity index (χ0) is 26.2. The van der Waals surface area contributed by atoms with Crippen LogP contribution in [0.25, 0.3) is 0 Å². The molecular formula is C30H52O4. The van der Waals surface area contributed by atoms with Gasteiger partial charge in [-0.3, -0.25) is 0 Å². The van der Waals surface area contributed by atoms with E-state index in [1.54, 1.807) is 0 Å². The average molecular weight is 477 g/mol. The highest BCUT2D eigenvalue weighted by Gasteiger charge is 1.94. The van der Waals surface area contributed by atoms with E-state index in [1.807, 2.05) is 0 Å². The molecule has 4 nitrogen and oxygen atoms in total. The van der Waals surface area contributed by atoms with Gasteiger partial charge in [-0.1, -0.05) is 69.9 Å². The Bertz CT molecular complexity index is 623. The third kappa shape index (κ3) is 28.3. The average Bonchev–Trinajstić information content (AvgIpc) is 2.76. The summed E-state index contributed by atoms with van der Waals surface area (Å²) in [5.74, 6) is 0. The molecule has 196 valence electrons. The van der Waals surface area contributed by atoms with E-state index < -0.39 is 0 Å². The Morgan fingerprint density at radius 2 is 0.647 bits per heavy atom. The maximum atomic E-state index is 6.90. The van der Waals surface area contributed by atoms with Gasteiger partial charge in [-0.15, -0.1) is 0 Å². The molecule has 0 saturated heterocycles. The topological polar surface area (TPSA) is 58.9 Å². The molecule has 0 saturated carbocycles. The molecule has 0 radical (unpaired) electrons. The first kappa shape index (κ1) is 34.4. The van der Waals surface area contributed by atoms with Crippen LogP contribution in [-0.4, -0.2) is 10.5 Å². The van der Waals surface area contributed by atoms with E-state index in [0.29, 0.717) is 0 Å². The Morgan fingerprint density at radius 3 is 0.882 bits per heavy atom. The molecule has 0 aliphatic carbocycles. The lowest BCUT2D eigenvalue weighted by molar-refractivity contribution is -0.611. The van der Waals surface area contributed by atoms with Crippen molar-refractivity contribution in [3.8, 4) is 0 Å². The summed E-state index contributed by atoms with van der Waals surface area (Å²) in [5.41, 5.74) is 8.97. The van der Waals surface area contributed by atoms with Crippen molar-refractivity contribution in [3.63, 3.8) is 0 Å². The monoisotopic (exact) mass is 476 g/mol. The first-order valence-electron chi connectivity index (χ1n) is 12.6. The van der Waals surface area contributed by atoms with Gasteiger partial charge in [0.2, 0.25) is 0 Å². The van der Waals surface area contributed by atoms with Crippen LogP contribution in [0, 0.1) is 0 Å². The first-order valence-corrected chi connectivity index (χ1v) is 12.6. The van der Waals surface area contributed by atoms with E-state index in [0.717, 1.165) is 0 Å². The molecule has 0 fully saturated rings. The Morgan fingerprint density at radius 1 is 0.412 bits per heavy atom. The molecule has 0 aliphatic heterocycles. The van der Waals surface area contributed by atoms with Crippen molar-refractivity contribution in [1.82, 2.24) is 0 Å². The molecule has 0 aliphatic rings. The number of hydrogen-bond donors (Lipinski definition) is 2. The SMILES string of the molecule is CC(C)=CCC/C(C)=C/CC/C(C)=C/CC/C=C(\C)CC/C=C(\C)CCC=C(C)C.OOOO. The zero-order valence-corrected chi connectivity index (χ0v) is 23.2. The summed E-state index contributed by atoms with van der Waals surface area (Å²) < 4.78 is 0. The molecule has 0 atom stereocenters. The fourth-order valence-corrected chi connectivity index (χ4v) is 3.34. The molecule has 0 bridgehead atoms. The number of unbranched alkanes of at least 4 members (excludes halogenated alkanes) is 1.